The molecular formula is C13H16FN3O3S. The normalized spacial score (nSPS) is 13.3. The van der Waals surface area contributed by atoms with Crippen molar-refractivity contribution in [3.05, 3.63) is 47.4 Å². The standard InChI is InChI=1S/C13H16FN3O3S/c1-21(18,19)7-6-11(15)13-16-12(17-20-13)8-9-2-4-10(14)5-3-9/h2-5,11H,6-8,15H2,1H3. The molecule has 0 aliphatic rings. The first-order valence-electron chi connectivity index (χ1n) is 6.34. The zero-order valence-corrected chi connectivity index (χ0v) is 12.3. The third kappa shape index (κ3) is 4.91. The van der Waals surface area contributed by atoms with Gasteiger partial charge in [0.15, 0.2) is 5.82 Å². The van der Waals surface area contributed by atoms with Crippen LogP contribution in [0.15, 0.2) is 28.8 Å². The Labute approximate surface area is 122 Å². The topological polar surface area (TPSA) is 99.1 Å². The quantitative estimate of drug-likeness (QED) is 0.861. The second-order valence-electron chi connectivity index (χ2n) is 4.88. The molecule has 0 radical (unpaired) electrons. The van der Waals surface area contributed by atoms with Gasteiger partial charge in [-0.3, -0.25) is 0 Å². The van der Waals surface area contributed by atoms with Crippen molar-refractivity contribution in [1.82, 2.24) is 10.1 Å². The third-order valence-corrected chi connectivity index (χ3v) is 3.85. The summed E-state index contributed by atoms with van der Waals surface area (Å²) >= 11 is 0. The highest BCUT2D eigenvalue weighted by Gasteiger charge is 2.17. The lowest BCUT2D eigenvalue weighted by Crippen LogP contribution is -2.16. The van der Waals surface area contributed by atoms with Crippen molar-refractivity contribution in [3.8, 4) is 0 Å². The smallest absolute Gasteiger partial charge is 0.243 e. The number of hydrogen-bond donors (Lipinski definition) is 1. The Bertz CT molecular complexity index is 698. The Morgan fingerprint density at radius 1 is 1.33 bits per heavy atom. The van der Waals surface area contributed by atoms with Gasteiger partial charge in [0, 0.05) is 12.7 Å². The summed E-state index contributed by atoms with van der Waals surface area (Å²) in [7, 11) is -3.08. The van der Waals surface area contributed by atoms with Gasteiger partial charge in [0.2, 0.25) is 5.89 Å². The highest BCUT2D eigenvalue weighted by Crippen LogP contribution is 2.14. The number of hydrogen-bond acceptors (Lipinski definition) is 6. The molecule has 2 aromatic rings. The molecule has 0 aliphatic heterocycles. The number of nitrogens with two attached hydrogens (primary N) is 1. The van der Waals surface area contributed by atoms with Crippen molar-refractivity contribution < 1.29 is 17.3 Å². The predicted octanol–water partition coefficient (Wildman–Crippen LogP) is 1.23. The molecule has 0 fully saturated rings. The van der Waals surface area contributed by atoms with Gasteiger partial charge in [-0.1, -0.05) is 17.3 Å². The molecule has 1 aromatic carbocycles. The van der Waals surface area contributed by atoms with Crippen LogP contribution in [0.1, 0.15) is 29.7 Å². The van der Waals surface area contributed by atoms with E-state index >= 15 is 0 Å². The van der Waals surface area contributed by atoms with Crippen molar-refractivity contribution >= 4 is 9.84 Å². The Hall–Kier alpha value is -1.80. The zero-order valence-electron chi connectivity index (χ0n) is 11.5. The molecule has 1 heterocycles. The maximum Gasteiger partial charge on any atom is 0.243 e. The van der Waals surface area contributed by atoms with E-state index in [4.69, 9.17) is 10.3 Å². The molecule has 0 spiro atoms. The van der Waals surface area contributed by atoms with Gasteiger partial charge in [-0.15, -0.1) is 0 Å². The number of sulfone groups is 1. The fourth-order valence-corrected chi connectivity index (χ4v) is 2.42. The molecule has 6 nitrogen and oxygen atoms in total. The molecule has 1 aromatic heterocycles. The molecule has 0 aliphatic carbocycles. The van der Waals surface area contributed by atoms with Crippen LogP contribution in [0.4, 0.5) is 4.39 Å². The van der Waals surface area contributed by atoms with E-state index in [0.717, 1.165) is 11.8 Å². The van der Waals surface area contributed by atoms with Crippen LogP contribution in [0.3, 0.4) is 0 Å². The Kier molecular flexibility index (Phi) is 4.69. The van der Waals surface area contributed by atoms with Crippen LogP contribution in [0.25, 0.3) is 0 Å². The number of rotatable bonds is 6. The van der Waals surface area contributed by atoms with E-state index in [1.54, 1.807) is 12.1 Å². The fourth-order valence-electron chi connectivity index (χ4n) is 1.74. The average Bonchev–Trinajstić information content (AvgIpc) is 2.86. The first-order chi connectivity index (χ1) is 9.83. The van der Waals surface area contributed by atoms with Crippen LogP contribution in [0, 0.1) is 5.82 Å². The SMILES string of the molecule is CS(=O)(=O)CCC(N)c1nc(Cc2ccc(F)cc2)no1. The first-order valence-corrected chi connectivity index (χ1v) is 8.40. The van der Waals surface area contributed by atoms with Crippen LogP contribution in [0.5, 0.6) is 0 Å². The highest BCUT2D eigenvalue weighted by atomic mass is 32.2. The van der Waals surface area contributed by atoms with Crippen LogP contribution < -0.4 is 5.73 Å². The molecule has 2 N–H and O–H groups in total. The summed E-state index contributed by atoms with van der Waals surface area (Å²) in [5.74, 6) is 0.279. The molecule has 0 saturated heterocycles. The predicted molar refractivity (Wildman–Crippen MR) is 74.8 cm³/mol. The van der Waals surface area contributed by atoms with Crippen molar-refractivity contribution in [2.75, 3.05) is 12.0 Å². The molecule has 8 heteroatoms. The fraction of sp³-hybridized carbons (Fsp3) is 0.385. The second-order valence-corrected chi connectivity index (χ2v) is 7.14. The molecule has 0 bridgehead atoms. The molecule has 114 valence electrons. The summed E-state index contributed by atoms with van der Waals surface area (Å²) in [6.07, 6.45) is 1.76. The van der Waals surface area contributed by atoms with Crippen LogP contribution in [-0.4, -0.2) is 30.6 Å². The van der Waals surface area contributed by atoms with E-state index in [1.807, 2.05) is 0 Å². The number of aromatic nitrogens is 2. The molecule has 0 saturated carbocycles. The van der Waals surface area contributed by atoms with Crippen LogP contribution in [0.2, 0.25) is 0 Å². The Balaban J connectivity index is 1.99. The third-order valence-electron chi connectivity index (χ3n) is 2.88. The monoisotopic (exact) mass is 313 g/mol. The van der Waals surface area contributed by atoms with Crippen molar-refractivity contribution in [1.29, 1.82) is 0 Å². The molecule has 1 unspecified atom stereocenters. The maximum atomic E-state index is 12.8. The van der Waals surface area contributed by atoms with E-state index in [0.29, 0.717) is 12.2 Å². The lowest BCUT2D eigenvalue weighted by atomic mass is 10.1. The summed E-state index contributed by atoms with van der Waals surface area (Å²) in [5.41, 5.74) is 6.66. The highest BCUT2D eigenvalue weighted by molar-refractivity contribution is 7.90. The maximum absolute atomic E-state index is 12.8. The van der Waals surface area contributed by atoms with Crippen molar-refractivity contribution in [2.45, 2.75) is 18.9 Å². The minimum atomic E-state index is -3.08. The number of nitrogens with zero attached hydrogens (tertiary/aromatic N) is 2. The van der Waals surface area contributed by atoms with Crippen LogP contribution in [-0.2, 0) is 16.3 Å². The molecule has 21 heavy (non-hydrogen) atoms. The van der Waals surface area contributed by atoms with E-state index in [9.17, 15) is 12.8 Å². The van der Waals surface area contributed by atoms with Gasteiger partial charge >= 0.3 is 0 Å². The molecule has 0 amide bonds. The van der Waals surface area contributed by atoms with Crippen molar-refractivity contribution in [3.63, 3.8) is 0 Å². The van der Waals surface area contributed by atoms with Gasteiger partial charge in [0.25, 0.3) is 0 Å². The Morgan fingerprint density at radius 3 is 2.62 bits per heavy atom. The van der Waals surface area contributed by atoms with Gasteiger partial charge in [-0.25, -0.2) is 12.8 Å². The minimum absolute atomic E-state index is 0.0379. The Morgan fingerprint density at radius 2 is 2.00 bits per heavy atom. The molecule has 1 atom stereocenters. The number of halogens is 1. The lowest BCUT2D eigenvalue weighted by Gasteiger charge is -2.04. The summed E-state index contributed by atoms with van der Waals surface area (Å²) in [6, 6.07) is 5.36. The second kappa shape index (κ2) is 6.31. The molecular weight excluding hydrogens is 297 g/mol. The van der Waals surface area contributed by atoms with Crippen LogP contribution >= 0.6 is 0 Å². The van der Waals surface area contributed by atoms with Crippen molar-refractivity contribution in [2.24, 2.45) is 5.73 Å². The van der Waals surface area contributed by atoms with Gasteiger partial charge < -0.3 is 10.3 Å². The van der Waals surface area contributed by atoms with E-state index in [1.165, 1.54) is 12.1 Å². The summed E-state index contributed by atoms with van der Waals surface area (Å²) in [5, 5.41) is 3.79. The minimum Gasteiger partial charge on any atom is -0.338 e. The van der Waals surface area contributed by atoms with E-state index in [2.05, 4.69) is 10.1 Å². The summed E-state index contributed by atoms with van der Waals surface area (Å²) < 4.78 is 40.0. The summed E-state index contributed by atoms with van der Waals surface area (Å²) in [6.45, 7) is 0. The van der Waals surface area contributed by atoms with Gasteiger partial charge in [-0.05, 0) is 24.1 Å². The molecule has 2 rings (SSSR count). The first kappa shape index (κ1) is 15.6. The largest absolute Gasteiger partial charge is 0.338 e. The van der Waals surface area contributed by atoms with Gasteiger partial charge in [0.05, 0.1) is 11.8 Å². The summed E-state index contributed by atoms with van der Waals surface area (Å²) in [4.78, 5) is 4.14. The van der Waals surface area contributed by atoms with E-state index < -0.39 is 15.9 Å². The zero-order chi connectivity index (χ0) is 15.5. The van der Waals surface area contributed by atoms with Gasteiger partial charge in [0.1, 0.15) is 15.7 Å². The average molecular weight is 313 g/mol. The number of benzene rings is 1. The van der Waals surface area contributed by atoms with E-state index in [-0.39, 0.29) is 23.9 Å². The lowest BCUT2D eigenvalue weighted by molar-refractivity contribution is 0.349. The van der Waals surface area contributed by atoms with Gasteiger partial charge in [-0.2, -0.15) is 4.98 Å².